The minimum atomic E-state index is -0.504. The predicted molar refractivity (Wildman–Crippen MR) is 116 cm³/mol. The standard InChI is InChI=1S/C20H14FN5O3S2/c21-13-5-1-2-6-14(13)22-16(27)11-31-20-24-23-19-25(10-12-4-3-8-29-12)18(28)17-15(26(19)20)7-9-30-17/h1-9H,10-11H2,(H,22,27). The molecule has 0 atom stereocenters. The molecule has 0 fully saturated rings. The van der Waals surface area contributed by atoms with Gasteiger partial charge in [-0.3, -0.25) is 18.6 Å². The first-order valence-electron chi connectivity index (χ1n) is 9.16. The number of para-hydroxylation sites is 1. The molecule has 5 aromatic rings. The van der Waals surface area contributed by atoms with E-state index in [1.807, 2.05) is 11.4 Å². The first-order chi connectivity index (χ1) is 15.1. The van der Waals surface area contributed by atoms with Crippen LogP contribution in [0.1, 0.15) is 5.76 Å². The summed E-state index contributed by atoms with van der Waals surface area (Å²) >= 11 is 2.48. The van der Waals surface area contributed by atoms with Gasteiger partial charge in [-0.2, -0.15) is 0 Å². The number of hydrogen-bond acceptors (Lipinski definition) is 7. The molecule has 0 aliphatic rings. The number of thioether (sulfide) groups is 1. The molecular formula is C20H14FN5O3S2. The smallest absolute Gasteiger partial charge is 0.273 e. The lowest BCUT2D eigenvalue weighted by atomic mass is 10.3. The highest BCUT2D eigenvalue weighted by atomic mass is 32.2. The highest BCUT2D eigenvalue weighted by molar-refractivity contribution is 7.99. The van der Waals surface area contributed by atoms with Crippen LogP contribution in [0.25, 0.3) is 16.0 Å². The number of hydrogen-bond donors (Lipinski definition) is 1. The largest absolute Gasteiger partial charge is 0.467 e. The number of nitrogens with zero attached hydrogens (tertiary/aromatic N) is 4. The average Bonchev–Trinajstić information content (AvgIpc) is 3.51. The Morgan fingerprint density at radius 1 is 1.19 bits per heavy atom. The summed E-state index contributed by atoms with van der Waals surface area (Å²) in [6, 6.07) is 11.3. The third-order valence-corrected chi connectivity index (χ3v) is 6.38. The number of benzene rings is 1. The van der Waals surface area contributed by atoms with Crippen molar-refractivity contribution < 1.29 is 13.6 Å². The lowest BCUT2D eigenvalue weighted by Crippen LogP contribution is -2.23. The van der Waals surface area contributed by atoms with E-state index in [1.165, 1.54) is 28.0 Å². The molecule has 0 saturated heterocycles. The summed E-state index contributed by atoms with van der Waals surface area (Å²) in [5.41, 5.74) is 0.601. The molecule has 0 saturated carbocycles. The van der Waals surface area contributed by atoms with E-state index in [0.717, 1.165) is 11.8 Å². The first kappa shape index (κ1) is 19.5. The summed E-state index contributed by atoms with van der Waals surface area (Å²) in [6.07, 6.45) is 1.54. The van der Waals surface area contributed by atoms with Crippen molar-refractivity contribution in [2.45, 2.75) is 11.7 Å². The lowest BCUT2D eigenvalue weighted by molar-refractivity contribution is -0.113. The Labute approximate surface area is 182 Å². The molecule has 8 nitrogen and oxygen atoms in total. The minimum absolute atomic E-state index is 0.00192. The number of carbonyl (C=O) groups is 1. The topological polar surface area (TPSA) is 94.4 Å². The van der Waals surface area contributed by atoms with Gasteiger partial charge in [0, 0.05) is 0 Å². The maximum absolute atomic E-state index is 13.8. The van der Waals surface area contributed by atoms with E-state index in [1.54, 1.807) is 34.9 Å². The third kappa shape index (κ3) is 3.62. The van der Waals surface area contributed by atoms with Gasteiger partial charge in [0.2, 0.25) is 11.7 Å². The van der Waals surface area contributed by atoms with Crippen molar-refractivity contribution in [2.24, 2.45) is 0 Å². The van der Waals surface area contributed by atoms with E-state index < -0.39 is 5.82 Å². The van der Waals surface area contributed by atoms with Crippen LogP contribution in [0.3, 0.4) is 0 Å². The van der Waals surface area contributed by atoms with E-state index in [-0.39, 0.29) is 29.5 Å². The van der Waals surface area contributed by atoms with E-state index in [4.69, 9.17) is 4.42 Å². The summed E-state index contributed by atoms with van der Waals surface area (Å²) in [7, 11) is 0. The summed E-state index contributed by atoms with van der Waals surface area (Å²) in [4.78, 5) is 25.3. The van der Waals surface area contributed by atoms with Crippen LogP contribution in [0.5, 0.6) is 0 Å². The molecule has 4 heterocycles. The summed E-state index contributed by atoms with van der Waals surface area (Å²) in [5.74, 6) is 0.0802. The van der Waals surface area contributed by atoms with Gasteiger partial charge in [-0.1, -0.05) is 23.9 Å². The molecular weight excluding hydrogens is 441 g/mol. The number of fused-ring (bicyclic) bond motifs is 3. The highest BCUT2D eigenvalue weighted by Crippen LogP contribution is 2.25. The molecule has 31 heavy (non-hydrogen) atoms. The second kappa shape index (κ2) is 8.00. The number of anilines is 1. The van der Waals surface area contributed by atoms with Gasteiger partial charge < -0.3 is 9.73 Å². The maximum Gasteiger partial charge on any atom is 0.273 e. The Bertz CT molecular complexity index is 1460. The number of nitrogens with one attached hydrogen (secondary N) is 1. The van der Waals surface area contributed by atoms with Crippen LogP contribution in [0, 0.1) is 5.82 Å². The van der Waals surface area contributed by atoms with Crippen LogP contribution >= 0.6 is 23.1 Å². The monoisotopic (exact) mass is 455 g/mol. The molecule has 0 aliphatic heterocycles. The van der Waals surface area contributed by atoms with Crippen LogP contribution in [0.2, 0.25) is 0 Å². The predicted octanol–water partition coefficient (Wildman–Crippen LogP) is 3.62. The zero-order chi connectivity index (χ0) is 21.4. The van der Waals surface area contributed by atoms with Gasteiger partial charge in [0.1, 0.15) is 16.3 Å². The zero-order valence-electron chi connectivity index (χ0n) is 15.8. The Morgan fingerprint density at radius 2 is 2.06 bits per heavy atom. The molecule has 1 aromatic carbocycles. The number of rotatable bonds is 6. The Balaban J connectivity index is 1.47. The van der Waals surface area contributed by atoms with E-state index in [9.17, 15) is 14.0 Å². The van der Waals surface area contributed by atoms with Crippen LogP contribution in [0.4, 0.5) is 10.1 Å². The molecule has 1 amide bonds. The molecule has 0 aliphatic carbocycles. The van der Waals surface area contributed by atoms with Gasteiger partial charge in [0.05, 0.1) is 29.8 Å². The molecule has 0 bridgehead atoms. The quantitative estimate of drug-likeness (QED) is 0.393. The van der Waals surface area contributed by atoms with Crippen LogP contribution in [0.15, 0.2) is 68.5 Å². The zero-order valence-corrected chi connectivity index (χ0v) is 17.5. The van der Waals surface area contributed by atoms with Crippen molar-refractivity contribution in [1.29, 1.82) is 0 Å². The van der Waals surface area contributed by atoms with Gasteiger partial charge in [0.25, 0.3) is 5.56 Å². The molecule has 0 spiro atoms. The van der Waals surface area contributed by atoms with Crippen LogP contribution < -0.4 is 10.9 Å². The third-order valence-electron chi connectivity index (χ3n) is 4.56. The number of amides is 1. The van der Waals surface area contributed by atoms with Crippen molar-refractivity contribution in [3.05, 3.63) is 76.0 Å². The van der Waals surface area contributed by atoms with Crippen LogP contribution in [-0.4, -0.2) is 30.8 Å². The molecule has 0 radical (unpaired) electrons. The summed E-state index contributed by atoms with van der Waals surface area (Å²) < 4.78 is 22.9. The fourth-order valence-electron chi connectivity index (χ4n) is 3.17. The van der Waals surface area contributed by atoms with E-state index >= 15 is 0 Å². The minimum Gasteiger partial charge on any atom is -0.467 e. The number of halogens is 1. The molecule has 0 unspecified atom stereocenters. The number of furan rings is 1. The van der Waals surface area contributed by atoms with Crippen molar-refractivity contribution in [3.63, 3.8) is 0 Å². The molecule has 5 rings (SSSR count). The van der Waals surface area contributed by atoms with Crippen molar-refractivity contribution in [1.82, 2.24) is 19.2 Å². The van der Waals surface area contributed by atoms with Crippen molar-refractivity contribution >= 4 is 50.7 Å². The van der Waals surface area contributed by atoms with Crippen molar-refractivity contribution in [2.75, 3.05) is 11.1 Å². The van der Waals surface area contributed by atoms with Crippen LogP contribution in [-0.2, 0) is 11.3 Å². The molecule has 11 heteroatoms. The second-order valence-electron chi connectivity index (χ2n) is 6.54. The number of thiophene rings is 1. The van der Waals surface area contributed by atoms with Crippen molar-refractivity contribution in [3.8, 4) is 0 Å². The van der Waals surface area contributed by atoms with Gasteiger partial charge in [-0.15, -0.1) is 21.5 Å². The Kier molecular flexibility index (Phi) is 5.04. The second-order valence-corrected chi connectivity index (χ2v) is 8.40. The van der Waals surface area contributed by atoms with Gasteiger partial charge in [-0.25, -0.2) is 4.39 Å². The lowest BCUT2D eigenvalue weighted by Gasteiger charge is -2.08. The summed E-state index contributed by atoms with van der Waals surface area (Å²) in [6.45, 7) is 0.208. The molecule has 1 N–H and O–H groups in total. The van der Waals surface area contributed by atoms with Gasteiger partial charge >= 0.3 is 0 Å². The normalized spacial score (nSPS) is 11.4. The van der Waals surface area contributed by atoms with Gasteiger partial charge in [-0.05, 0) is 35.7 Å². The average molecular weight is 455 g/mol. The van der Waals surface area contributed by atoms with E-state index in [2.05, 4.69) is 15.5 Å². The first-order valence-corrected chi connectivity index (χ1v) is 11.0. The van der Waals surface area contributed by atoms with Gasteiger partial charge in [0.15, 0.2) is 5.16 Å². The fraction of sp³-hybridized carbons (Fsp3) is 0.100. The highest BCUT2D eigenvalue weighted by Gasteiger charge is 2.19. The summed E-state index contributed by atoms with van der Waals surface area (Å²) in [5, 5.41) is 13.2. The Hall–Kier alpha value is -3.44. The number of aromatic nitrogens is 4. The molecule has 4 aromatic heterocycles. The van der Waals surface area contributed by atoms with E-state index in [0.29, 0.717) is 26.9 Å². The maximum atomic E-state index is 13.8. The molecule has 156 valence electrons. The SMILES string of the molecule is O=C(CSc1nnc2n(Cc3ccco3)c(=O)c3sccc3n12)Nc1ccccc1F. The number of carbonyl (C=O) groups excluding carboxylic acids is 1. The fourth-order valence-corrected chi connectivity index (χ4v) is 4.74. The Morgan fingerprint density at radius 3 is 2.87 bits per heavy atom.